The van der Waals surface area contributed by atoms with Crippen molar-refractivity contribution in [1.29, 1.82) is 0 Å². The molecule has 1 saturated heterocycles. The lowest BCUT2D eigenvalue weighted by Gasteiger charge is -2.27. The lowest BCUT2D eigenvalue weighted by molar-refractivity contribution is -0.141. The minimum Gasteiger partial charge on any atom is -0.480 e. The number of carbonyl (C=O) groups is 3. The van der Waals surface area contributed by atoms with Crippen LogP contribution >= 0.6 is 11.8 Å². The van der Waals surface area contributed by atoms with Crippen molar-refractivity contribution in [2.45, 2.75) is 24.9 Å². The zero-order valence-corrected chi connectivity index (χ0v) is 15.5. The number of thioether (sulfide) groups is 1. The molecule has 0 aliphatic carbocycles. The normalized spacial score (nSPS) is 18.9. The third-order valence-corrected chi connectivity index (χ3v) is 5.63. The Kier molecular flexibility index (Phi) is 5.81. The molecule has 1 amide bonds. The Morgan fingerprint density at radius 2 is 1.78 bits per heavy atom. The summed E-state index contributed by atoms with van der Waals surface area (Å²) in [5.74, 6) is -0.847. The van der Waals surface area contributed by atoms with Crippen LogP contribution < -0.4 is 0 Å². The Hall–Kier alpha value is -2.80. The first-order valence-corrected chi connectivity index (χ1v) is 9.46. The predicted octanol–water partition coefficient (Wildman–Crippen LogP) is 3.73. The number of ether oxygens (including phenoxy) is 1. The molecule has 1 heterocycles. The maximum Gasteiger partial charge on any atom is 0.412 e. The van der Waals surface area contributed by atoms with Gasteiger partial charge in [-0.15, -0.1) is 11.8 Å². The standard InChI is InChI=1S/C20H19NO5S/c1-13(22)15-7-9-16(10-8-15)18-21(17(12-27-18)19(23)24)20(25)26-11-14-5-3-2-4-6-14/h2-10,17-18H,11-12H2,1H3,(H,23,24). The zero-order valence-electron chi connectivity index (χ0n) is 14.7. The number of hydrogen-bond donors (Lipinski definition) is 1. The van der Waals surface area contributed by atoms with E-state index in [1.165, 1.54) is 23.6 Å². The first kappa shape index (κ1) is 19.0. The number of aliphatic carboxylic acids is 1. The molecule has 2 aromatic carbocycles. The van der Waals surface area contributed by atoms with Gasteiger partial charge in [-0.3, -0.25) is 9.69 Å². The number of ketones is 1. The van der Waals surface area contributed by atoms with Crippen molar-refractivity contribution in [3.05, 3.63) is 71.3 Å². The Balaban J connectivity index is 1.79. The van der Waals surface area contributed by atoms with Gasteiger partial charge in [0.25, 0.3) is 0 Å². The van der Waals surface area contributed by atoms with E-state index in [4.69, 9.17) is 4.74 Å². The van der Waals surface area contributed by atoms with Crippen LogP contribution in [0, 0.1) is 0 Å². The smallest absolute Gasteiger partial charge is 0.412 e. The van der Waals surface area contributed by atoms with Crippen LogP contribution in [0.4, 0.5) is 4.79 Å². The molecule has 3 rings (SSSR count). The van der Waals surface area contributed by atoms with Gasteiger partial charge in [0.1, 0.15) is 18.0 Å². The van der Waals surface area contributed by atoms with E-state index in [2.05, 4.69) is 0 Å². The van der Waals surface area contributed by atoms with Crippen LogP contribution in [0.1, 0.15) is 33.8 Å². The molecule has 6 nitrogen and oxygen atoms in total. The van der Waals surface area contributed by atoms with Gasteiger partial charge in [0, 0.05) is 11.3 Å². The highest BCUT2D eigenvalue weighted by molar-refractivity contribution is 7.99. The molecule has 1 N–H and O–H groups in total. The van der Waals surface area contributed by atoms with Crippen LogP contribution in [0.2, 0.25) is 0 Å². The lowest BCUT2D eigenvalue weighted by Crippen LogP contribution is -2.43. The van der Waals surface area contributed by atoms with E-state index < -0.39 is 23.5 Å². The highest BCUT2D eigenvalue weighted by Crippen LogP contribution is 2.42. The van der Waals surface area contributed by atoms with E-state index in [-0.39, 0.29) is 18.1 Å². The van der Waals surface area contributed by atoms with Gasteiger partial charge in [-0.25, -0.2) is 9.59 Å². The molecule has 2 aromatic rings. The van der Waals surface area contributed by atoms with Gasteiger partial charge in [0.15, 0.2) is 5.78 Å². The summed E-state index contributed by atoms with van der Waals surface area (Å²) in [7, 11) is 0. The Labute approximate surface area is 161 Å². The summed E-state index contributed by atoms with van der Waals surface area (Å²) in [5.41, 5.74) is 2.15. The largest absolute Gasteiger partial charge is 0.480 e. The molecule has 0 radical (unpaired) electrons. The Morgan fingerprint density at radius 1 is 1.11 bits per heavy atom. The molecule has 27 heavy (non-hydrogen) atoms. The molecule has 140 valence electrons. The topological polar surface area (TPSA) is 83.9 Å². The lowest BCUT2D eigenvalue weighted by atomic mass is 10.1. The summed E-state index contributed by atoms with van der Waals surface area (Å²) in [6.07, 6.45) is -0.670. The molecule has 1 aliphatic heterocycles. The quantitative estimate of drug-likeness (QED) is 0.790. The van der Waals surface area contributed by atoms with Crippen molar-refractivity contribution < 1.29 is 24.2 Å². The molecule has 0 aromatic heterocycles. The van der Waals surface area contributed by atoms with Crippen molar-refractivity contribution in [2.24, 2.45) is 0 Å². The number of rotatable bonds is 5. The fourth-order valence-corrected chi connectivity index (χ4v) is 4.26. The molecule has 1 fully saturated rings. The monoisotopic (exact) mass is 385 g/mol. The van der Waals surface area contributed by atoms with Crippen LogP contribution in [-0.4, -0.2) is 39.6 Å². The van der Waals surface area contributed by atoms with Gasteiger partial charge in [-0.1, -0.05) is 54.6 Å². The minimum absolute atomic E-state index is 0.0526. The average molecular weight is 385 g/mol. The van der Waals surface area contributed by atoms with Gasteiger partial charge in [0.2, 0.25) is 0 Å². The van der Waals surface area contributed by atoms with Crippen molar-refractivity contribution in [2.75, 3.05) is 5.75 Å². The van der Waals surface area contributed by atoms with E-state index in [1.807, 2.05) is 30.3 Å². The molecular formula is C20H19NO5S. The molecular weight excluding hydrogens is 366 g/mol. The fourth-order valence-electron chi connectivity index (χ4n) is 2.85. The van der Waals surface area contributed by atoms with Crippen molar-refractivity contribution in [1.82, 2.24) is 4.90 Å². The fraction of sp³-hybridized carbons (Fsp3) is 0.250. The van der Waals surface area contributed by atoms with Crippen molar-refractivity contribution in [3.63, 3.8) is 0 Å². The first-order valence-electron chi connectivity index (χ1n) is 8.41. The van der Waals surface area contributed by atoms with E-state index >= 15 is 0 Å². The van der Waals surface area contributed by atoms with Gasteiger partial charge in [-0.05, 0) is 18.1 Å². The van der Waals surface area contributed by atoms with E-state index in [0.717, 1.165) is 11.1 Å². The average Bonchev–Trinajstić information content (AvgIpc) is 3.12. The van der Waals surface area contributed by atoms with E-state index in [9.17, 15) is 19.5 Å². The maximum atomic E-state index is 12.7. The predicted molar refractivity (Wildman–Crippen MR) is 102 cm³/mol. The van der Waals surface area contributed by atoms with E-state index in [1.54, 1.807) is 24.3 Å². The molecule has 1 aliphatic rings. The van der Waals surface area contributed by atoms with Gasteiger partial charge in [0.05, 0.1) is 0 Å². The first-order chi connectivity index (χ1) is 13.0. The highest BCUT2D eigenvalue weighted by atomic mass is 32.2. The number of hydrogen-bond acceptors (Lipinski definition) is 5. The van der Waals surface area contributed by atoms with Crippen LogP contribution in [0.5, 0.6) is 0 Å². The molecule has 0 bridgehead atoms. The second-order valence-corrected chi connectivity index (χ2v) is 7.28. The Bertz CT molecular complexity index is 837. The second kappa shape index (κ2) is 8.26. The molecule has 2 atom stereocenters. The van der Waals surface area contributed by atoms with Crippen LogP contribution in [-0.2, 0) is 16.1 Å². The number of nitrogens with zero attached hydrogens (tertiary/aromatic N) is 1. The molecule has 7 heteroatoms. The number of amides is 1. The maximum absolute atomic E-state index is 12.7. The summed E-state index contributed by atoms with van der Waals surface area (Å²) in [6.45, 7) is 1.55. The number of carboxylic acids is 1. The minimum atomic E-state index is -1.07. The third kappa shape index (κ3) is 4.31. The highest BCUT2D eigenvalue weighted by Gasteiger charge is 2.43. The van der Waals surface area contributed by atoms with Crippen LogP contribution in [0.15, 0.2) is 54.6 Å². The SMILES string of the molecule is CC(=O)c1ccc(C2SCC(C(=O)O)N2C(=O)OCc2ccccc2)cc1. The van der Waals surface area contributed by atoms with Crippen molar-refractivity contribution >= 4 is 29.6 Å². The van der Waals surface area contributed by atoms with Crippen LogP contribution in [0.3, 0.4) is 0 Å². The second-order valence-electron chi connectivity index (χ2n) is 6.17. The molecule has 0 saturated carbocycles. The number of benzene rings is 2. The third-order valence-electron chi connectivity index (χ3n) is 4.30. The summed E-state index contributed by atoms with van der Waals surface area (Å²) in [4.78, 5) is 37.0. The summed E-state index contributed by atoms with van der Waals surface area (Å²) < 4.78 is 5.36. The summed E-state index contributed by atoms with van der Waals surface area (Å²) >= 11 is 1.36. The molecule has 0 spiro atoms. The number of carboxylic acid groups (broad SMARTS) is 1. The van der Waals surface area contributed by atoms with Crippen LogP contribution in [0.25, 0.3) is 0 Å². The molecule has 2 unspecified atom stereocenters. The van der Waals surface area contributed by atoms with Crippen molar-refractivity contribution in [3.8, 4) is 0 Å². The summed E-state index contributed by atoms with van der Waals surface area (Å²) in [6, 6.07) is 15.1. The van der Waals surface area contributed by atoms with Gasteiger partial charge < -0.3 is 9.84 Å². The summed E-state index contributed by atoms with van der Waals surface area (Å²) in [5, 5.41) is 9.02. The Morgan fingerprint density at radius 3 is 2.37 bits per heavy atom. The van der Waals surface area contributed by atoms with E-state index in [0.29, 0.717) is 5.56 Å². The van der Waals surface area contributed by atoms with Gasteiger partial charge in [-0.2, -0.15) is 0 Å². The van der Waals surface area contributed by atoms with Gasteiger partial charge >= 0.3 is 12.1 Å². The zero-order chi connectivity index (χ0) is 19.4. The number of carbonyl (C=O) groups excluding carboxylic acids is 2. The number of Topliss-reactive ketones (excluding diaryl/α,β-unsaturated/α-hetero) is 1.